The number of benzene rings is 2. The SMILES string of the molecule is Fc1ccc(CN2CCN(C3CCN(c4ccc(F)cc4)CC3)CC2)cc1. The quantitative estimate of drug-likeness (QED) is 0.810. The second-order valence-electron chi connectivity index (χ2n) is 7.63. The number of hydrogen-bond donors (Lipinski definition) is 0. The van der Waals surface area contributed by atoms with Crippen molar-refractivity contribution in [1.29, 1.82) is 0 Å². The van der Waals surface area contributed by atoms with E-state index >= 15 is 0 Å². The third-order valence-electron chi connectivity index (χ3n) is 5.90. The molecule has 0 N–H and O–H groups in total. The molecule has 0 atom stereocenters. The molecule has 2 aliphatic rings. The molecule has 2 saturated heterocycles. The van der Waals surface area contributed by atoms with Crippen LogP contribution in [0.1, 0.15) is 18.4 Å². The maximum Gasteiger partial charge on any atom is 0.123 e. The maximum absolute atomic E-state index is 13.1. The first-order valence-corrected chi connectivity index (χ1v) is 9.89. The van der Waals surface area contributed by atoms with Gasteiger partial charge in [-0.15, -0.1) is 0 Å². The summed E-state index contributed by atoms with van der Waals surface area (Å²) in [6, 6.07) is 14.3. The van der Waals surface area contributed by atoms with Crippen LogP contribution >= 0.6 is 0 Å². The van der Waals surface area contributed by atoms with Gasteiger partial charge in [0.15, 0.2) is 0 Å². The van der Waals surface area contributed by atoms with E-state index in [2.05, 4.69) is 14.7 Å². The molecule has 27 heavy (non-hydrogen) atoms. The Labute approximate surface area is 160 Å². The maximum atomic E-state index is 13.1. The summed E-state index contributed by atoms with van der Waals surface area (Å²) in [5.41, 5.74) is 2.30. The molecule has 3 nitrogen and oxygen atoms in total. The topological polar surface area (TPSA) is 9.72 Å². The zero-order valence-corrected chi connectivity index (χ0v) is 15.7. The predicted molar refractivity (Wildman–Crippen MR) is 105 cm³/mol. The van der Waals surface area contributed by atoms with Gasteiger partial charge in [0.2, 0.25) is 0 Å². The molecule has 0 radical (unpaired) electrons. The van der Waals surface area contributed by atoms with Gasteiger partial charge in [0.25, 0.3) is 0 Å². The minimum Gasteiger partial charge on any atom is -0.371 e. The van der Waals surface area contributed by atoms with E-state index in [0.29, 0.717) is 6.04 Å². The molecule has 5 heteroatoms. The first kappa shape index (κ1) is 18.4. The van der Waals surface area contributed by atoms with Crippen LogP contribution in [-0.2, 0) is 6.54 Å². The van der Waals surface area contributed by atoms with Gasteiger partial charge in [-0.2, -0.15) is 0 Å². The van der Waals surface area contributed by atoms with Crippen molar-refractivity contribution in [2.24, 2.45) is 0 Å². The molecular formula is C22H27F2N3. The van der Waals surface area contributed by atoms with Crippen LogP contribution in [0.4, 0.5) is 14.5 Å². The van der Waals surface area contributed by atoms with Gasteiger partial charge in [0.1, 0.15) is 11.6 Å². The lowest BCUT2D eigenvalue weighted by Crippen LogP contribution is -2.53. The average molecular weight is 371 g/mol. The lowest BCUT2D eigenvalue weighted by atomic mass is 10.0. The number of rotatable bonds is 4. The Morgan fingerprint density at radius 1 is 0.704 bits per heavy atom. The molecule has 0 spiro atoms. The molecule has 2 aromatic rings. The Balaban J connectivity index is 1.23. The summed E-state index contributed by atoms with van der Waals surface area (Å²) in [5.74, 6) is -0.345. The molecule has 0 aliphatic carbocycles. The van der Waals surface area contributed by atoms with Crippen molar-refractivity contribution in [2.75, 3.05) is 44.2 Å². The summed E-state index contributed by atoms with van der Waals surface area (Å²) in [5, 5.41) is 0. The van der Waals surface area contributed by atoms with Crippen molar-refractivity contribution in [2.45, 2.75) is 25.4 Å². The predicted octanol–water partition coefficient (Wildman–Crippen LogP) is 3.75. The average Bonchev–Trinajstić information content (AvgIpc) is 2.71. The van der Waals surface area contributed by atoms with Gasteiger partial charge < -0.3 is 4.90 Å². The molecule has 2 aliphatic heterocycles. The van der Waals surface area contributed by atoms with Crippen molar-refractivity contribution in [3.8, 4) is 0 Å². The molecule has 0 saturated carbocycles. The van der Waals surface area contributed by atoms with Crippen molar-refractivity contribution in [3.63, 3.8) is 0 Å². The molecule has 2 aromatic carbocycles. The van der Waals surface area contributed by atoms with Crippen molar-refractivity contribution < 1.29 is 8.78 Å². The van der Waals surface area contributed by atoms with E-state index in [9.17, 15) is 8.78 Å². The Morgan fingerprint density at radius 2 is 1.26 bits per heavy atom. The lowest BCUT2D eigenvalue weighted by molar-refractivity contribution is 0.0811. The van der Waals surface area contributed by atoms with Crippen LogP contribution in [0, 0.1) is 11.6 Å². The van der Waals surface area contributed by atoms with Gasteiger partial charge >= 0.3 is 0 Å². The zero-order chi connectivity index (χ0) is 18.6. The molecule has 2 heterocycles. The van der Waals surface area contributed by atoms with E-state index < -0.39 is 0 Å². The van der Waals surface area contributed by atoms with E-state index in [4.69, 9.17) is 0 Å². The highest BCUT2D eigenvalue weighted by molar-refractivity contribution is 5.46. The third kappa shape index (κ3) is 4.66. The van der Waals surface area contributed by atoms with Crippen molar-refractivity contribution >= 4 is 5.69 Å². The standard InChI is InChI=1S/C22H27F2N3/c23-19-3-1-18(2-4-19)17-25-13-15-27(16-14-25)22-9-11-26(12-10-22)21-7-5-20(24)6-8-21/h1-8,22H,9-17H2. The molecule has 0 unspecified atom stereocenters. The van der Waals surface area contributed by atoms with Crippen molar-refractivity contribution in [1.82, 2.24) is 9.80 Å². The van der Waals surface area contributed by atoms with Gasteiger partial charge in [-0.1, -0.05) is 12.1 Å². The largest absolute Gasteiger partial charge is 0.371 e. The first-order chi connectivity index (χ1) is 13.2. The minimum absolute atomic E-state index is 0.171. The monoisotopic (exact) mass is 371 g/mol. The van der Waals surface area contributed by atoms with Crippen molar-refractivity contribution in [3.05, 3.63) is 65.7 Å². The highest BCUT2D eigenvalue weighted by atomic mass is 19.1. The molecule has 0 aromatic heterocycles. The van der Waals surface area contributed by atoms with Crippen LogP contribution in [0.5, 0.6) is 0 Å². The van der Waals surface area contributed by atoms with Gasteiger partial charge in [0.05, 0.1) is 0 Å². The van der Waals surface area contributed by atoms with Gasteiger partial charge in [0, 0.05) is 57.5 Å². The summed E-state index contributed by atoms with van der Waals surface area (Å²) in [7, 11) is 0. The second-order valence-corrected chi connectivity index (χ2v) is 7.63. The number of piperidine rings is 1. The fraction of sp³-hybridized carbons (Fsp3) is 0.455. The number of piperazine rings is 1. The fourth-order valence-electron chi connectivity index (χ4n) is 4.28. The van der Waals surface area contributed by atoms with E-state index in [1.165, 1.54) is 5.56 Å². The molecule has 0 amide bonds. The van der Waals surface area contributed by atoms with Crippen LogP contribution in [0.25, 0.3) is 0 Å². The first-order valence-electron chi connectivity index (χ1n) is 9.89. The Hall–Kier alpha value is -1.98. The Bertz CT molecular complexity index is 716. The van der Waals surface area contributed by atoms with Crippen LogP contribution in [-0.4, -0.2) is 55.1 Å². The fourth-order valence-corrected chi connectivity index (χ4v) is 4.28. The molecule has 144 valence electrons. The third-order valence-corrected chi connectivity index (χ3v) is 5.90. The highest BCUT2D eigenvalue weighted by Gasteiger charge is 2.27. The Morgan fingerprint density at radius 3 is 1.85 bits per heavy atom. The van der Waals surface area contributed by atoms with Gasteiger partial charge in [-0.05, 0) is 54.8 Å². The number of hydrogen-bond acceptors (Lipinski definition) is 3. The van der Waals surface area contributed by atoms with E-state index in [0.717, 1.165) is 64.3 Å². The molecule has 4 rings (SSSR count). The van der Waals surface area contributed by atoms with Crippen LogP contribution in [0.15, 0.2) is 48.5 Å². The van der Waals surface area contributed by atoms with E-state index in [1.54, 1.807) is 24.3 Å². The summed E-state index contributed by atoms with van der Waals surface area (Å²) in [6.45, 7) is 7.30. The second kappa shape index (κ2) is 8.36. The minimum atomic E-state index is -0.174. The summed E-state index contributed by atoms with van der Waals surface area (Å²) in [4.78, 5) is 7.45. The zero-order valence-electron chi connectivity index (χ0n) is 15.7. The van der Waals surface area contributed by atoms with E-state index in [1.807, 2.05) is 24.3 Å². The van der Waals surface area contributed by atoms with E-state index in [-0.39, 0.29) is 11.6 Å². The molecule has 2 fully saturated rings. The smallest absolute Gasteiger partial charge is 0.123 e. The lowest BCUT2D eigenvalue weighted by Gasteiger charge is -2.43. The summed E-state index contributed by atoms with van der Waals surface area (Å²) >= 11 is 0. The number of nitrogens with zero attached hydrogens (tertiary/aromatic N) is 3. The van der Waals surface area contributed by atoms with Crippen LogP contribution < -0.4 is 4.90 Å². The van der Waals surface area contributed by atoms with Gasteiger partial charge in [-0.3, -0.25) is 9.80 Å². The number of halogens is 2. The normalized spacial score (nSPS) is 20.1. The summed E-state index contributed by atoms with van der Waals surface area (Å²) < 4.78 is 26.1. The number of anilines is 1. The summed E-state index contributed by atoms with van der Waals surface area (Å²) in [6.07, 6.45) is 2.32. The highest BCUT2D eigenvalue weighted by Crippen LogP contribution is 2.24. The molecular weight excluding hydrogens is 344 g/mol. The molecule has 0 bridgehead atoms. The Kier molecular flexibility index (Phi) is 5.69. The van der Waals surface area contributed by atoms with Crippen LogP contribution in [0.3, 0.4) is 0 Å². The van der Waals surface area contributed by atoms with Gasteiger partial charge in [-0.25, -0.2) is 8.78 Å². The van der Waals surface area contributed by atoms with Crippen LogP contribution in [0.2, 0.25) is 0 Å².